The van der Waals surface area contributed by atoms with E-state index in [4.69, 9.17) is 4.18 Å². The summed E-state index contributed by atoms with van der Waals surface area (Å²) in [7, 11) is -2.37. The predicted molar refractivity (Wildman–Crippen MR) is 205 cm³/mol. The molecule has 0 atom stereocenters. The molecule has 0 radical (unpaired) electrons. The van der Waals surface area contributed by atoms with Gasteiger partial charge in [-0.1, -0.05) is 18.2 Å². The summed E-state index contributed by atoms with van der Waals surface area (Å²) in [6, 6.07) is 19.5. The highest BCUT2D eigenvalue weighted by atomic mass is 127. The van der Waals surface area contributed by atoms with Crippen LogP contribution in [-0.2, 0) is 8.98 Å². The van der Waals surface area contributed by atoms with Gasteiger partial charge in [-0.15, -0.1) is 0 Å². The fraction of sp³-hybridized carbons (Fsp3) is 0.345. The van der Waals surface area contributed by atoms with Crippen LogP contribution in [0.5, 0.6) is 0 Å². The van der Waals surface area contributed by atoms with Gasteiger partial charge in [0.2, 0.25) is 0 Å². The summed E-state index contributed by atoms with van der Waals surface area (Å²) in [4.78, 5) is 18.2. The topological polar surface area (TPSA) is 26.3 Å². The number of carbonyl (C=O) groups excluding carboxylic acids is 1. The van der Waals surface area contributed by atoms with Crippen molar-refractivity contribution in [3.63, 3.8) is 0 Å². The first kappa shape index (κ1) is 29.9. The Hall–Kier alpha value is 1.86. The first-order valence-electron chi connectivity index (χ1n) is 12.5. The van der Waals surface area contributed by atoms with Gasteiger partial charge in [0.1, 0.15) is 0 Å². The number of halogens is 6. The Morgan fingerprint density at radius 2 is 1.08 bits per heavy atom. The molecule has 4 fully saturated rings. The molecule has 0 aliphatic heterocycles. The van der Waals surface area contributed by atoms with E-state index in [0.717, 1.165) is 48.2 Å². The molecule has 9 heteroatoms. The smallest absolute Gasteiger partial charge is 0.323 e. The molecule has 7 rings (SSSR count). The third kappa shape index (κ3) is 5.37. The van der Waals surface area contributed by atoms with Gasteiger partial charge < -0.3 is 4.18 Å². The molecule has 3 aromatic rings. The van der Waals surface area contributed by atoms with Gasteiger partial charge >= 0.3 is 5.97 Å². The van der Waals surface area contributed by atoms with Crippen molar-refractivity contribution in [2.75, 3.05) is 0 Å². The van der Waals surface area contributed by atoms with Gasteiger partial charge in [0.05, 0.1) is 15.2 Å². The Bertz CT molecular complexity index is 1290. The quantitative estimate of drug-likeness (QED) is 0.238. The average molecular weight is 1200 g/mol. The Morgan fingerprint density at radius 1 is 0.684 bits per heavy atom. The van der Waals surface area contributed by atoms with Gasteiger partial charge in [-0.05, 0) is 239 Å². The lowest BCUT2D eigenvalue weighted by molar-refractivity contribution is -0.160. The first-order valence-corrected chi connectivity index (χ1v) is 20.6. The SMILES string of the molecule is O=C(OS(c1ccccc1)(c1c(I)cc(I)cc1I)c1c(I)cc(I)cc1I)C12CC3CC(CC(C3)C1)C2. The minimum Gasteiger partial charge on any atom is -0.401 e. The highest BCUT2D eigenvalue weighted by Gasteiger charge is 2.57. The van der Waals surface area contributed by atoms with Crippen LogP contribution in [0, 0.1) is 44.6 Å². The van der Waals surface area contributed by atoms with Crippen molar-refractivity contribution >= 4 is 152 Å². The first-order chi connectivity index (χ1) is 18.1. The normalized spacial score (nSPS) is 26.4. The van der Waals surface area contributed by atoms with Crippen molar-refractivity contribution in [3.8, 4) is 0 Å². The molecule has 3 aromatic carbocycles. The third-order valence-electron chi connectivity index (χ3n) is 8.25. The number of hydrogen-bond acceptors (Lipinski definition) is 2. The highest BCUT2D eigenvalue weighted by molar-refractivity contribution is 14.1. The van der Waals surface area contributed by atoms with Gasteiger partial charge in [-0.25, -0.2) is 0 Å². The Labute approximate surface area is 308 Å². The molecule has 4 saturated carbocycles. The molecular formula is C29H24I6O2S. The molecule has 0 N–H and O–H groups in total. The molecular weight excluding hydrogens is 1170 g/mol. The summed E-state index contributed by atoms with van der Waals surface area (Å²) in [6.07, 6.45) is 6.94. The van der Waals surface area contributed by atoms with E-state index in [1.807, 2.05) is 0 Å². The molecule has 0 saturated heterocycles. The lowest BCUT2D eigenvalue weighted by atomic mass is 9.49. The zero-order valence-electron chi connectivity index (χ0n) is 20.2. The van der Waals surface area contributed by atoms with E-state index >= 15 is 0 Å². The molecule has 0 aromatic heterocycles. The molecule has 4 bridgehead atoms. The molecule has 4 aliphatic rings. The second-order valence-electron chi connectivity index (χ2n) is 10.8. The van der Waals surface area contributed by atoms with Crippen molar-refractivity contribution in [1.29, 1.82) is 0 Å². The summed E-state index contributed by atoms with van der Waals surface area (Å²) in [5.74, 6) is 2.11. The Balaban J connectivity index is 1.63. The minimum atomic E-state index is -2.37. The van der Waals surface area contributed by atoms with Crippen LogP contribution >= 0.6 is 146 Å². The largest absolute Gasteiger partial charge is 0.401 e. The minimum absolute atomic E-state index is 0.0470. The monoisotopic (exact) mass is 1200 g/mol. The standard InChI is InChI=1S/C29H24I6O2S/c30-19-9-22(32)26(23(33)10-19)38(21-4-2-1-3-5-21,27-24(34)11-20(31)12-25(27)35)37-28(36)29-13-16-6-17(14-29)8-18(7-16)15-29/h1-5,9-12,16-18H,6-8,13-15H2. The number of carbonyl (C=O) groups is 1. The van der Waals surface area contributed by atoms with Crippen LogP contribution in [0.1, 0.15) is 38.5 Å². The molecule has 200 valence electrons. The molecule has 4 aliphatic carbocycles. The summed E-state index contributed by atoms with van der Waals surface area (Å²) < 4.78 is 14.3. The second kappa shape index (κ2) is 11.7. The molecule has 0 unspecified atom stereocenters. The van der Waals surface area contributed by atoms with Gasteiger partial charge in [-0.2, -0.15) is 0 Å². The van der Waals surface area contributed by atoms with E-state index in [-0.39, 0.29) is 11.4 Å². The highest BCUT2D eigenvalue weighted by Crippen LogP contribution is 2.74. The van der Waals surface area contributed by atoms with E-state index in [0.29, 0.717) is 17.8 Å². The van der Waals surface area contributed by atoms with E-state index in [9.17, 15) is 4.79 Å². The van der Waals surface area contributed by atoms with Crippen LogP contribution in [0.15, 0.2) is 69.3 Å². The predicted octanol–water partition coefficient (Wildman–Crippen LogP) is 11.3. The van der Waals surface area contributed by atoms with Gasteiger partial charge in [0.25, 0.3) is 0 Å². The van der Waals surface area contributed by atoms with E-state index in [1.165, 1.54) is 26.4 Å². The summed E-state index contributed by atoms with van der Waals surface area (Å²) in [6.45, 7) is 0. The average Bonchev–Trinajstić information content (AvgIpc) is 2.82. The molecule has 0 amide bonds. The zero-order valence-corrected chi connectivity index (χ0v) is 33.9. The van der Waals surface area contributed by atoms with Crippen molar-refractivity contribution in [1.82, 2.24) is 0 Å². The van der Waals surface area contributed by atoms with Crippen molar-refractivity contribution in [2.24, 2.45) is 23.2 Å². The Kier molecular flexibility index (Phi) is 9.25. The lowest BCUT2D eigenvalue weighted by Crippen LogP contribution is -2.50. The molecule has 38 heavy (non-hydrogen) atoms. The van der Waals surface area contributed by atoms with Crippen LogP contribution in [0.4, 0.5) is 0 Å². The Morgan fingerprint density at radius 3 is 1.47 bits per heavy atom. The van der Waals surface area contributed by atoms with Crippen LogP contribution in [0.25, 0.3) is 0 Å². The maximum absolute atomic E-state index is 14.8. The summed E-state index contributed by atoms with van der Waals surface area (Å²) in [5, 5.41) is 0. The molecule has 0 spiro atoms. The van der Waals surface area contributed by atoms with Gasteiger partial charge in [0, 0.05) is 26.3 Å². The van der Waals surface area contributed by atoms with Crippen molar-refractivity contribution in [3.05, 3.63) is 76.0 Å². The number of rotatable bonds is 5. The fourth-order valence-electron chi connectivity index (χ4n) is 7.25. The molecule has 2 nitrogen and oxygen atoms in total. The maximum atomic E-state index is 14.8. The number of benzene rings is 3. The van der Waals surface area contributed by atoms with Crippen LogP contribution in [0.3, 0.4) is 0 Å². The van der Waals surface area contributed by atoms with Gasteiger partial charge in [0.15, 0.2) is 0 Å². The van der Waals surface area contributed by atoms with Gasteiger partial charge in [-0.3, -0.25) is 4.79 Å². The van der Waals surface area contributed by atoms with Crippen LogP contribution in [-0.4, -0.2) is 5.97 Å². The lowest BCUT2D eigenvalue weighted by Gasteiger charge is -2.56. The molecule has 0 heterocycles. The van der Waals surface area contributed by atoms with Crippen LogP contribution < -0.4 is 0 Å². The summed E-state index contributed by atoms with van der Waals surface area (Å²) >= 11 is 14.7. The van der Waals surface area contributed by atoms with E-state index in [2.05, 4.69) is 190 Å². The van der Waals surface area contributed by atoms with E-state index in [1.54, 1.807) is 0 Å². The van der Waals surface area contributed by atoms with E-state index < -0.39 is 10.3 Å². The van der Waals surface area contributed by atoms with Crippen molar-refractivity contribution < 1.29 is 8.98 Å². The third-order valence-corrected chi connectivity index (χ3v) is 17.7. The zero-order chi connectivity index (χ0) is 26.8. The van der Waals surface area contributed by atoms with Crippen molar-refractivity contribution in [2.45, 2.75) is 53.2 Å². The van der Waals surface area contributed by atoms with Crippen LogP contribution in [0.2, 0.25) is 0 Å². The maximum Gasteiger partial charge on any atom is 0.323 e. The fourth-order valence-corrected chi connectivity index (χ4v) is 21.4. The second-order valence-corrected chi connectivity index (χ2v) is 20.5. The summed E-state index contributed by atoms with van der Waals surface area (Å²) in [5.41, 5.74) is -0.331. The number of hydrogen-bond donors (Lipinski definition) is 0.